The molecule has 0 saturated heterocycles. The first kappa shape index (κ1) is 12.9. The Labute approximate surface area is 98.5 Å². The van der Waals surface area contributed by atoms with Crippen molar-refractivity contribution in [2.24, 2.45) is 0 Å². The lowest BCUT2D eigenvalue weighted by Crippen LogP contribution is -2.29. The molecule has 0 aromatic heterocycles. The Morgan fingerprint density at radius 2 is 2.25 bits per heavy atom. The molecular formula is C11H13ClFNO2. The molecule has 0 aliphatic rings. The third-order valence-electron chi connectivity index (χ3n) is 2.06. The van der Waals surface area contributed by atoms with Crippen LogP contribution in [-0.4, -0.2) is 19.6 Å². The van der Waals surface area contributed by atoms with Gasteiger partial charge in [0.25, 0.3) is 0 Å². The van der Waals surface area contributed by atoms with Gasteiger partial charge in [0.2, 0.25) is 0 Å². The van der Waals surface area contributed by atoms with E-state index in [0.29, 0.717) is 12.1 Å². The molecule has 1 atom stereocenters. The molecule has 0 heterocycles. The third-order valence-corrected chi connectivity index (χ3v) is 2.28. The maximum atomic E-state index is 13.1. The molecule has 0 amide bonds. The zero-order chi connectivity index (χ0) is 12.1. The lowest BCUT2D eigenvalue weighted by Gasteiger charge is -2.16. The normalized spacial score (nSPS) is 12.2. The third kappa shape index (κ3) is 3.18. The summed E-state index contributed by atoms with van der Waals surface area (Å²) in [4.78, 5) is 11.5. The van der Waals surface area contributed by atoms with E-state index in [-0.39, 0.29) is 5.02 Å². The minimum atomic E-state index is -0.691. The number of halogens is 2. The highest BCUT2D eigenvalue weighted by Crippen LogP contribution is 2.20. The molecule has 88 valence electrons. The van der Waals surface area contributed by atoms with Crippen molar-refractivity contribution in [1.82, 2.24) is 5.32 Å². The fraction of sp³-hybridized carbons (Fsp3) is 0.364. The van der Waals surface area contributed by atoms with Crippen molar-refractivity contribution < 1.29 is 13.9 Å². The van der Waals surface area contributed by atoms with Gasteiger partial charge in [0, 0.05) is 5.02 Å². The Kier molecular flexibility index (Phi) is 4.71. The lowest BCUT2D eigenvalue weighted by atomic mass is 10.1. The van der Waals surface area contributed by atoms with Crippen molar-refractivity contribution in [3.8, 4) is 0 Å². The fourth-order valence-electron chi connectivity index (χ4n) is 1.40. The van der Waals surface area contributed by atoms with E-state index in [1.807, 2.05) is 6.92 Å². The molecule has 1 N–H and O–H groups in total. The number of rotatable bonds is 4. The second-order valence-electron chi connectivity index (χ2n) is 3.22. The second kappa shape index (κ2) is 5.82. The zero-order valence-electron chi connectivity index (χ0n) is 9.09. The van der Waals surface area contributed by atoms with Gasteiger partial charge in [-0.15, -0.1) is 0 Å². The number of ether oxygens (including phenoxy) is 1. The second-order valence-corrected chi connectivity index (χ2v) is 3.65. The van der Waals surface area contributed by atoms with Crippen LogP contribution in [0.25, 0.3) is 0 Å². The van der Waals surface area contributed by atoms with Crippen LogP contribution >= 0.6 is 11.6 Å². The van der Waals surface area contributed by atoms with Crippen molar-refractivity contribution in [2.45, 2.75) is 13.0 Å². The quantitative estimate of drug-likeness (QED) is 0.828. The van der Waals surface area contributed by atoms with Crippen molar-refractivity contribution in [3.63, 3.8) is 0 Å². The molecule has 0 saturated carbocycles. The largest absolute Gasteiger partial charge is 0.468 e. The van der Waals surface area contributed by atoms with Crippen molar-refractivity contribution >= 4 is 17.6 Å². The fourth-order valence-corrected chi connectivity index (χ4v) is 1.63. The molecule has 0 aliphatic heterocycles. The van der Waals surface area contributed by atoms with Crippen LogP contribution in [-0.2, 0) is 9.53 Å². The van der Waals surface area contributed by atoms with Crippen molar-refractivity contribution in [2.75, 3.05) is 13.7 Å². The number of nitrogens with one attached hydrogen (secondary N) is 1. The number of likely N-dealkylation sites (N-methyl/N-ethyl adjacent to an activating group) is 1. The Bertz CT molecular complexity index is 364. The number of esters is 1. The average molecular weight is 246 g/mol. The predicted molar refractivity (Wildman–Crippen MR) is 59.8 cm³/mol. The molecular weight excluding hydrogens is 233 g/mol. The number of methoxy groups -OCH3 is 1. The maximum absolute atomic E-state index is 13.1. The predicted octanol–water partition coefficient (Wildman–Crippen LogP) is 2.30. The van der Waals surface area contributed by atoms with E-state index in [2.05, 4.69) is 10.1 Å². The van der Waals surface area contributed by atoms with Gasteiger partial charge in [-0.2, -0.15) is 0 Å². The van der Waals surface area contributed by atoms with Gasteiger partial charge >= 0.3 is 5.97 Å². The highest BCUT2D eigenvalue weighted by Gasteiger charge is 2.21. The molecule has 0 bridgehead atoms. The van der Waals surface area contributed by atoms with E-state index < -0.39 is 17.8 Å². The summed E-state index contributed by atoms with van der Waals surface area (Å²) in [6, 6.07) is 3.29. The topological polar surface area (TPSA) is 38.3 Å². The molecule has 16 heavy (non-hydrogen) atoms. The summed E-state index contributed by atoms with van der Waals surface area (Å²) >= 11 is 5.72. The van der Waals surface area contributed by atoms with E-state index in [9.17, 15) is 9.18 Å². The molecule has 0 radical (unpaired) electrons. The first-order chi connectivity index (χ1) is 7.58. The summed E-state index contributed by atoms with van der Waals surface area (Å²) in [6.45, 7) is 2.41. The van der Waals surface area contributed by atoms with E-state index in [1.54, 1.807) is 0 Å². The molecule has 1 aromatic rings. The summed E-state index contributed by atoms with van der Waals surface area (Å²) in [5.74, 6) is -0.946. The standard InChI is InChI=1S/C11H13ClFNO2/c1-3-14-10(11(15)16-2)7-4-8(12)6-9(13)5-7/h4-6,10,14H,3H2,1-2H3. The smallest absolute Gasteiger partial charge is 0.327 e. The van der Waals surface area contributed by atoms with Gasteiger partial charge in [0.05, 0.1) is 7.11 Å². The van der Waals surface area contributed by atoms with Crippen LogP contribution in [0.15, 0.2) is 18.2 Å². The molecule has 5 heteroatoms. The molecule has 1 unspecified atom stereocenters. The number of hydrogen-bond donors (Lipinski definition) is 1. The molecule has 0 aliphatic carbocycles. The zero-order valence-corrected chi connectivity index (χ0v) is 9.84. The first-order valence-corrected chi connectivity index (χ1v) is 5.23. The van der Waals surface area contributed by atoms with E-state index >= 15 is 0 Å². The number of carbonyl (C=O) groups excluding carboxylic acids is 1. The summed E-state index contributed by atoms with van der Waals surface area (Å²) in [5, 5.41) is 3.16. The number of benzene rings is 1. The van der Waals surface area contributed by atoms with Crippen LogP contribution in [0.1, 0.15) is 18.5 Å². The van der Waals surface area contributed by atoms with E-state index in [0.717, 1.165) is 0 Å². The average Bonchev–Trinajstić information content (AvgIpc) is 2.23. The number of hydrogen-bond acceptors (Lipinski definition) is 3. The highest BCUT2D eigenvalue weighted by atomic mass is 35.5. The Morgan fingerprint density at radius 3 is 2.75 bits per heavy atom. The first-order valence-electron chi connectivity index (χ1n) is 4.85. The maximum Gasteiger partial charge on any atom is 0.327 e. The van der Waals surface area contributed by atoms with Crippen LogP contribution in [0.3, 0.4) is 0 Å². The van der Waals surface area contributed by atoms with Crippen LogP contribution < -0.4 is 5.32 Å². The Morgan fingerprint density at radius 1 is 1.56 bits per heavy atom. The Balaban J connectivity index is 3.04. The van der Waals surface area contributed by atoms with Crippen LogP contribution in [0, 0.1) is 5.82 Å². The van der Waals surface area contributed by atoms with Gasteiger partial charge in [-0.05, 0) is 30.3 Å². The minimum Gasteiger partial charge on any atom is -0.468 e. The van der Waals surface area contributed by atoms with E-state index in [4.69, 9.17) is 11.6 Å². The van der Waals surface area contributed by atoms with Gasteiger partial charge in [-0.1, -0.05) is 18.5 Å². The lowest BCUT2D eigenvalue weighted by molar-refractivity contribution is -0.143. The van der Waals surface area contributed by atoms with Gasteiger partial charge in [0.15, 0.2) is 0 Å². The molecule has 1 rings (SSSR count). The summed E-state index contributed by atoms with van der Waals surface area (Å²) in [6.07, 6.45) is 0. The summed E-state index contributed by atoms with van der Waals surface area (Å²) in [7, 11) is 1.29. The molecule has 3 nitrogen and oxygen atoms in total. The molecule has 0 fully saturated rings. The van der Waals surface area contributed by atoms with Gasteiger partial charge in [-0.25, -0.2) is 9.18 Å². The molecule has 0 spiro atoms. The van der Waals surface area contributed by atoms with Crippen molar-refractivity contribution in [3.05, 3.63) is 34.6 Å². The molecule has 1 aromatic carbocycles. The monoisotopic (exact) mass is 245 g/mol. The number of carbonyl (C=O) groups is 1. The van der Waals surface area contributed by atoms with Gasteiger partial charge in [0.1, 0.15) is 11.9 Å². The van der Waals surface area contributed by atoms with Gasteiger partial charge < -0.3 is 10.1 Å². The highest BCUT2D eigenvalue weighted by molar-refractivity contribution is 6.30. The van der Waals surface area contributed by atoms with Crippen LogP contribution in [0.2, 0.25) is 5.02 Å². The SMILES string of the molecule is CCNC(C(=O)OC)c1cc(F)cc(Cl)c1. The minimum absolute atomic E-state index is 0.252. The van der Waals surface area contributed by atoms with E-state index in [1.165, 1.54) is 25.3 Å². The summed E-state index contributed by atoms with van der Waals surface area (Å²) < 4.78 is 17.8. The van der Waals surface area contributed by atoms with Crippen LogP contribution in [0.4, 0.5) is 4.39 Å². The van der Waals surface area contributed by atoms with Gasteiger partial charge in [-0.3, -0.25) is 0 Å². The summed E-state index contributed by atoms with van der Waals surface area (Å²) in [5.41, 5.74) is 0.457. The van der Waals surface area contributed by atoms with Crippen molar-refractivity contribution in [1.29, 1.82) is 0 Å². The Hall–Kier alpha value is -1.13. The van der Waals surface area contributed by atoms with Crippen LogP contribution in [0.5, 0.6) is 0 Å².